The first-order valence-electron chi connectivity index (χ1n) is 7.68. The van der Waals surface area contributed by atoms with Gasteiger partial charge in [0, 0.05) is 11.1 Å². The van der Waals surface area contributed by atoms with Gasteiger partial charge in [0.25, 0.3) is 5.56 Å². The predicted octanol–water partition coefficient (Wildman–Crippen LogP) is 2.41. The molecule has 6 heteroatoms. The zero-order chi connectivity index (χ0) is 18.0. The number of aromatic nitrogens is 1. The minimum atomic E-state index is -0.813. The van der Waals surface area contributed by atoms with E-state index in [1.165, 1.54) is 24.4 Å². The third-order valence-corrected chi connectivity index (χ3v) is 3.72. The summed E-state index contributed by atoms with van der Waals surface area (Å²) in [6.07, 6.45) is 1.17. The molecule has 2 aromatic heterocycles. The van der Waals surface area contributed by atoms with Crippen LogP contribution in [0.1, 0.15) is 33.2 Å². The summed E-state index contributed by atoms with van der Waals surface area (Å²) in [6, 6.07) is 12.6. The van der Waals surface area contributed by atoms with Crippen LogP contribution in [-0.4, -0.2) is 27.9 Å². The van der Waals surface area contributed by atoms with Gasteiger partial charge in [0.05, 0.1) is 18.3 Å². The molecule has 3 aromatic rings. The fraction of sp³-hybridized carbons (Fsp3) is 0.105. The van der Waals surface area contributed by atoms with Crippen molar-refractivity contribution < 1.29 is 19.4 Å². The monoisotopic (exact) mass is 337 g/mol. The third-order valence-electron chi connectivity index (χ3n) is 3.72. The van der Waals surface area contributed by atoms with Gasteiger partial charge in [-0.15, -0.1) is 0 Å². The van der Waals surface area contributed by atoms with Crippen LogP contribution < -0.4 is 5.56 Å². The Morgan fingerprint density at radius 2 is 1.80 bits per heavy atom. The van der Waals surface area contributed by atoms with Crippen molar-refractivity contribution in [2.75, 3.05) is 6.61 Å². The number of benzene rings is 1. The van der Waals surface area contributed by atoms with Crippen molar-refractivity contribution in [3.05, 3.63) is 81.8 Å². The number of carbonyl (C=O) groups is 2. The topological polar surface area (TPSA) is 85.1 Å². The van der Waals surface area contributed by atoms with Crippen molar-refractivity contribution in [1.29, 1.82) is 0 Å². The summed E-state index contributed by atoms with van der Waals surface area (Å²) in [5.41, 5.74) is -0.0253. The van der Waals surface area contributed by atoms with Crippen molar-refractivity contribution >= 4 is 17.3 Å². The first-order valence-corrected chi connectivity index (χ1v) is 7.68. The Morgan fingerprint density at radius 1 is 1.08 bits per heavy atom. The molecule has 0 aliphatic rings. The normalized spacial score (nSPS) is 10.6. The molecule has 0 fully saturated rings. The molecular formula is C19H15NO5. The van der Waals surface area contributed by atoms with Gasteiger partial charge in [0.2, 0.25) is 0 Å². The number of ether oxygens (including phenoxy) is 1. The smallest absolute Gasteiger partial charge is 0.343 e. The second kappa shape index (κ2) is 6.60. The van der Waals surface area contributed by atoms with E-state index in [1.54, 1.807) is 37.3 Å². The first kappa shape index (κ1) is 16.4. The summed E-state index contributed by atoms with van der Waals surface area (Å²) in [5.74, 6) is -1.31. The molecule has 0 amide bonds. The fourth-order valence-corrected chi connectivity index (χ4v) is 2.57. The van der Waals surface area contributed by atoms with Crippen LogP contribution in [0.5, 0.6) is 5.75 Å². The van der Waals surface area contributed by atoms with Gasteiger partial charge in [-0.3, -0.25) is 14.0 Å². The predicted molar refractivity (Wildman–Crippen MR) is 91.2 cm³/mol. The molecule has 2 heterocycles. The Labute approximate surface area is 142 Å². The SMILES string of the molecule is CCOC(=O)c1cc(C(=O)c2ccccc2)c2ccc(O)cn2c1=O. The highest BCUT2D eigenvalue weighted by Gasteiger charge is 2.21. The van der Waals surface area contributed by atoms with Crippen LogP contribution in [-0.2, 0) is 4.74 Å². The van der Waals surface area contributed by atoms with E-state index in [0.29, 0.717) is 11.1 Å². The van der Waals surface area contributed by atoms with Crippen LogP contribution in [0.15, 0.2) is 59.5 Å². The Morgan fingerprint density at radius 3 is 2.48 bits per heavy atom. The highest BCUT2D eigenvalue weighted by atomic mass is 16.5. The van der Waals surface area contributed by atoms with Crippen LogP contribution in [0.2, 0.25) is 0 Å². The zero-order valence-electron chi connectivity index (χ0n) is 13.4. The number of rotatable bonds is 4. The summed E-state index contributed by atoms with van der Waals surface area (Å²) in [4.78, 5) is 37.5. The zero-order valence-corrected chi connectivity index (χ0v) is 13.4. The molecular weight excluding hydrogens is 322 g/mol. The van der Waals surface area contributed by atoms with Gasteiger partial charge in [0.1, 0.15) is 11.3 Å². The Kier molecular flexibility index (Phi) is 4.35. The van der Waals surface area contributed by atoms with E-state index in [-0.39, 0.29) is 29.3 Å². The van der Waals surface area contributed by atoms with Crippen LogP contribution in [0.4, 0.5) is 0 Å². The Bertz CT molecular complexity index is 1020. The van der Waals surface area contributed by atoms with E-state index < -0.39 is 11.5 Å². The largest absolute Gasteiger partial charge is 0.506 e. The molecule has 0 unspecified atom stereocenters. The molecule has 1 aromatic carbocycles. The van der Waals surface area contributed by atoms with E-state index in [9.17, 15) is 19.5 Å². The van der Waals surface area contributed by atoms with Gasteiger partial charge < -0.3 is 9.84 Å². The van der Waals surface area contributed by atoms with E-state index >= 15 is 0 Å². The molecule has 1 N–H and O–H groups in total. The number of fused-ring (bicyclic) bond motifs is 1. The van der Waals surface area contributed by atoms with Gasteiger partial charge in [-0.25, -0.2) is 4.79 Å². The quantitative estimate of drug-likeness (QED) is 0.584. The maximum Gasteiger partial charge on any atom is 0.343 e. The van der Waals surface area contributed by atoms with Crippen LogP contribution in [0.25, 0.3) is 5.52 Å². The lowest BCUT2D eigenvalue weighted by Gasteiger charge is -2.10. The summed E-state index contributed by atoms with van der Waals surface area (Å²) < 4.78 is 5.98. The number of aromatic hydroxyl groups is 1. The molecule has 0 atom stereocenters. The number of hydrogen-bond donors (Lipinski definition) is 1. The van der Waals surface area contributed by atoms with Gasteiger partial charge in [-0.2, -0.15) is 0 Å². The number of nitrogens with zero attached hydrogens (tertiary/aromatic N) is 1. The molecule has 25 heavy (non-hydrogen) atoms. The molecule has 0 radical (unpaired) electrons. The Hall–Kier alpha value is -3.41. The minimum absolute atomic E-state index is 0.100. The highest BCUT2D eigenvalue weighted by molar-refractivity contribution is 6.14. The Balaban J connectivity index is 2.30. The summed E-state index contributed by atoms with van der Waals surface area (Å²) in [7, 11) is 0. The van der Waals surface area contributed by atoms with Crippen molar-refractivity contribution in [3.63, 3.8) is 0 Å². The lowest BCUT2D eigenvalue weighted by atomic mass is 10.0. The van der Waals surface area contributed by atoms with E-state index in [2.05, 4.69) is 0 Å². The third kappa shape index (κ3) is 3.01. The van der Waals surface area contributed by atoms with E-state index in [4.69, 9.17) is 4.74 Å². The van der Waals surface area contributed by atoms with E-state index in [0.717, 1.165) is 4.40 Å². The van der Waals surface area contributed by atoms with Crippen molar-refractivity contribution in [2.45, 2.75) is 6.92 Å². The van der Waals surface area contributed by atoms with Crippen LogP contribution in [0.3, 0.4) is 0 Å². The molecule has 0 aliphatic carbocycles. The minimum Gasteiger partial charge on any atom is -0.506 e. The average Bonchev–Trinajstić information content (AvgIpc) is 2.62. The summed E-state index contributed by atoms with van der Waals surface area (Å²) in [6.45, 7) is 1.72. The molecule has 0 saturated heterocycles. The number of carbonyl (C=O) groups excluding carboxylic acids is 2. The number of hydrogen-bond acceptors (Lipinski definition) is 5. The molecule has 0 aliphatic heterocycles. The second-order valence-electron chi connectivity index (χ2n) is 5.34. The average molecular weight is 337 g/mol. The van der Waals surface area contributed by atoms with Crippen LogP contribution >= 0.6 is 0 Å². The molecule has 6 nitrogen and oxygen atoms in total. The lowest BCUT2D eigenvalue weighted by molar-refractivity contribution is 0.0524. The number of pyridine rings is 2. The molecule has 126 valence electrons. The van der Waals surface area contributed by atoms with Crippen molar-refractivity contribution in [1.82, 2.24) is 4.40 Å². The first-order chi connectivity index (χ1) is 12.0. The van der Waals surface area contributed by atoms with Crippen molar-refractivity contribution in [2.24, 2.45) is 0 Å². The maximum absolute atomic E-state index is 12.9. The second-order valence-corrected chi connectivity index (χ2v) is 5.34. The lowest BCUT2D eigenvalue weighted by Crippen LogP contribution is -2.25. The maximum atomic E-state index is 12.9. The summed E-state index contributed by atoms with van der Waals surface area (Å²) in [5, 5.41) is 9.67. The number of ketones is 1. The molecule has 0 spiro atoms. The highest BCUT2D eigenvalue weighted by Crippen LogP contribution is 2.19. The van der Waals surface area contributed by atoms with E-state index in [1.807, 2.05) is 0 Å². The van der Waals surface area contributed by atoms with Gasteiger partial charge in [-0.05, 0) is 25.1 Å². The molecule has 0 bridgehead atoms. The van der Waals surface area contributed by atoms with Gasteiger partial charge in [-0.1, -0.05) is 30.3 Å². The summed E-state index contributed by atoms with van der Waals surface area (Å²) >= 11 is 0. The van der Waals surface area contributed by atoms with Crippen molar-refractivity contribution in [3.8, 4) is 5.75 Å². The van der Waals surface area contributed by atoms with Crippen LogP contribution in [0, 0.1) is 0 Å². The molecule has 3 rings (SSSR count). The fourth-order valence-electron chi connectivity index (χ4n) is 2.57. The van der Waals surface area contributed by atoms with Gasteiger partial charge in [0.15, 0.2) is 5.78 Å². The number of esters is 1. The molecule has 0 saturated carbocycles. The van der Waals surface area contributed by atoms with Gasteiger partial charge >= 0.3 is 5.97 Å². The standard InChI is InChI=1S/C19H15NO5/c1-2-25-19(24)15-10-14(17(22)12-6-4-3-5-7-12)16-9-8-13(21)11-20(16)18(15)23/h3-11,21H,2H2,1H3.